The summed E-state index contributed by atoms with van der Waals surface area (Å²) in [7, 11) is 0. The lowest BCUT2D eigenvalue weighted by molar-refractivity contribution is -0.145. The monoisotopic (exact) mass is 189 g/mol. The molecule has 0 aromatic carbocycles. The summed E-state index contributed by atoms with van der Waals surface area (Å²) in [5.41, 5.74) is 27.1. The summed E-state index contributed by atoms with van der Waals surface area (Å²) in [5, 5.41) is 0. The summed E-state index contributed by atoms with van der Waals surface area (Å²) in [6.07, 6.45) is -2.35. The van der Waals surface area contributed by atoms with E-state index in [-0.39, 0.29) is 0 Å². The Labute approximate surface area is 75.5 Å². The zero-order chi connectivity index (χ0) is 10.2. The van der Waals surface area contributed by atoms with E-state index in [1.54, 1.807) is 0 Å². The number of nitrogens with two attached hydrogens (primary N) is 5. The van der Waals surface area contributed by atoms with Gasteiger partial charge in [-0.3, -0.25) is 4.79 Å². The quantitative estimate of drug-likeness (QED) is 0.221. The first-order valence-corrected chi connectivity index (χ1v) is 3.93. The van der Waals surface area contributed by atoms with E-state index in [2.05, 4.69) is 0 Å². The zero-order valence-corrected chi connectivity index (χ0v) is 7.09. The number of carbonyl (C=O) groups excluding carboxylic acids is 1. The van der Waals surface area contributed by atoms with Crippen LogP contribution in [-0.2, 0) is 9.53 Å². The van der Waals surface area contributed by atoms with Crippen LogP contribution in [0.4, 0.5) is 0 Å². The molecule has 13 heavy (non-hydrogen) atoms. The lowest BCUT2D eigenvalue weighted by Gasteiger charge is -2.20. The lowest BCUT2D eigenvalue weighted by atomic mass is 9.96. The predicted octanol–water partition coefficient (Wildman–Crippen LogP) is -3.66. The van der Waals surface area contributed by atoms with Crippen molar-refractivity contribution >= 4 is 5.97 Å². The number of carbonyl (C=O) groups is 1. The molecule has 0 bridgehead atoms. The molecule has 7 heteroatoms. The van der Waals surface area contributed by atoms with Crippen molar-refractivity contribution in [2.75, 3.05) is 0 Å². The maximum absolute atomic E-state index is 11.2. The Morgan fingerprint density at radius 1 is 1.15 bits per heavy atom. The molecule has 7 nitrogen and oxygen atoms in total. The van der Waals surface area contributed by atoms with E-state index in [1.165, 1.54) is 0 Å². The molecular formula is C6H15N5O2. The molecule has 3 atom stereocenters. The van der Waals surface area contributed by atoms with Crippen LogP contribution in [0.2, 0.25) is 0 Å². The molecular weight excluding hydrogens is 174 g/mol. The molecule has 0 aromatic rings. The van der Waals surface area contributed by atoms with Gasteiger partial charge in [0.15, 0.2) is 0 Å². The van der Waals surface area contributed by atoms with Crippen LogP contribution in [0.5, 0.6) is 0 Å². The average molecular weight is 189 g/mol. The van der Waals surface area contributed by atoms with Crippen molar-refractivity contribution in [2.45, 2.75) is 24.5 Å². The Morgan fingerprint density at radius 2 is 1.69 bits per heavy atom. The van der Waals surface area contributed by atoms with Gasteiger partial charge in [0.25, 0.3) is 0 Å². The second-order valence-electron chi connectivity index (χ2n) is 3.16. The minimum atomic E-state index is -0.841. The smallest absolute Gasteiger partial charge is 0.314 e. The van der Waals surface area contributed by atoms with Crippen LogP contribution < -0.4 is 28.7 Å². The number of hydrogen-bond donors (Lipinski definition) is 5. The van der Waals surface area contributed by atoms with E-state index in [4.69, 9.17) is 33.4 Å². The van der Waals surface area contributed by atoms with Gasteiger partial charge in [0.2, 0.25) is 0 Å². The summed E-state index contributed by atoms with van der Waals surface area (Å²) >= 11 is 0. The van der Waals surface area contributed by atoms with Crippen LogP contribution in [0.15, 0.2) is 0 Å². The number of hydrogen-bond acceptors (Lipinski definition) is 7. The molecule has 0 saturated carbocycles. The van der Waals surface area contributed by atoms with Gasteiger partial charge in [0, 0.05) is 0 Å². The Morgan fingerprint density at radius 3 is 1.92 bits per heavy atom. The van der Waals surface area contributed by atoms with Gasteiger partial charge in [-0.15, -0.1) is 0 Å². The SMILES string of the molecule is NC(N)C1OC(=O)C(C(N)N)C1N. The van der Waals surface area contributed by atoms with E-state index < -0.39 is 36.4 Å². The maximum Gasteiger partial charge on any atom is 0.314 e. The third kappa shape index (κ3) is 1.79. The topological polar surface area (TPSA) is 156 Å². The first-order chi connectivity index (χ1) is 5.95. The van der Waals surface area contributed by atoms with Gasteiger partial charge in [0.1, 0.15) is 12.0 Å². The summed E-state index contributed by atoms with van der Waals surface area (Å²) in [4.78, 5) is 11.2. The van der Waals surface area contributed by atoms with Crippen LogP contribution in [0, 0.1) is 5.92 Å². The highest BCUT2D eigenvalue weighted by atomic mass is 16.6. The molecule has 0 aromatic heterocycles. The highest BCUT2D eigenvalue weighted by molar-refractivity contribution is 5.76. The Bertz CT molecular complexity index is 207. The van der Waals surface area contributed by atoms with Crippen molar-refractivity contribution in [3.63, 3.8) is 0 Å². The standard InChI is InChI=1S/C6H15N5O2/c7-2-1(4(8)9)6(12)13-3(2)5(10)11/h1-5H,7-11H2. The molecule has 0 radical (unpaired) electrons. The number of esters is 1. The molecule has 0 spiro atoms. The second kappa shape index (κ2) is 3.56. The highest BCUT2D eigenvalue weighted by Crippen LogP contribution is 2.21. The third-order valence-corrected chi connectivity index (χ3v) is 2.11. The van der Waals surface area contributed by atoms with E-state index in [9.17, 15) is 4.79 Å². The first-order valence-electron chi connectivity index (χ1n) is 3.93. The summed E-state index contributed by atoms with van der Waals surface area (Å²) < 4.78 is 4.84. The Balaban J connectivity index is 2.75. The molecule has 10 N–H and O–H groups in total. The number of rotatable bonds is 2. The fourth-order valence-electron chi connectivity index (χ4n) is 1.40. The van der Waals surface area contributed by atoms with E-state index in [1.807, 2.05) is 0 Å². The molecule has 1 aliphatic rings. The van der Waals surface area contributed by atoms with Gasteiger partial charge in [-0.05, 0) is 0 Å². The van der Waals surface area contributed by atoms with Crippen LogP contribution >= 0.6 is 0 Å². The third-order valence-electron chi connectivity index (χ3n) is 2.11. The summed E-state index contributed by atoms with van der Waals surface area (Å²) in [6, 6.07) is -0.632. The van der Waals surface area contributed by atoms with Crippen LogP contribution in [0.1, 0.15) is 0 Å². The Hall–Kier alpha value is -0.730. The molecule has 1 fully saturated rings. The lowest BCUT2D eigenvalue weighted by Crippen LogP contribution is -2.55. The minimum Gasteiger partial charge on any atom is -0.457 e. The van der Waals surface area contributed by atoms with Crippen LogP contribution in [0.3, 0.4) is 0 Å². The van der Waals surface area contributed by atoms with Crippen molar-refractivity contribution in [1.29, 1.82) is 0 Å². The molecule has 1 saturated heterocycles. The Kier molecular flexibility index (Phi) is 2.84. The number of cyclic esters (lactones) is 1. The van der Waals surface area contributed by atoms with Crippen molar-refractivity contribution in [3.8, 4) is 0 Å². The number of ether oxygens (including phenoxy) is 1. The van der Waals surface area contributed by atoms with Gasteiger partial charge < -0.3 is 33.4 Å². The van der Waals surface area contributed by atoms with Gasteiger partial charge in [0.05, 0.1) is 18.4 Å². The van der Waals surface area contributed by atoms with Gasteiger partial charge in [-0.2, -0.15) is 0 Å². The zero-order valence-electron chi connectivity index (χ0n) is 7.09. The van der Waals surface area contributed by atoms with Gasteiger partial charge in [-0.1, -0.05) is 0 Å². The largest absolute Gasteiger partial charge is 0.457 e. The van der Waals surface area contributed by atoms with E-state index in [0.717, 1.165) is 0 Å². The minimum absolute atomic E-state index is 0.534. The fourth-order valence-corrected chi connectivity index (χ4v) is 1.40. The molecule has 0 aliphatic carbocycles. The molecule has 1 rings (SSSR count). The molecule has 3 unspecified atom stereocenters. The first kappa shape index (κ1) is 10.4. The van der Waals surface area contributed by atoms with Crippen molar-refractivity contribution in [1.82, 2.24) is 0 Å². The molecule has 1 heterocycles. The summed E-state index contributed by atoms with van der Waals surface area (Å²) in [6.45, 7) is 0. The average Bonchev–Trinajstić information content (AvgIpc) is 2.26. The summed E-state index contributed by atoms with van der Waals surface area (Å²) in [5.74, 6) is -1.26. The highest BCUT2D eigenvalue weighted by Gasteiger charge is 2.46. The second-order valence-corrected chi connectivity index (χ2v) is 3.16. The molecule has 1 aliphatic heterocycles. The van der Waals surface area contributed by atoms with Gasteiger partial charge in [-0.25, -0.2) is 0 Å². The van der Waals surface area contributed by atoms with Crippen molar-refractivity contribution in [3.05, 3.63) is 0 Å². The van der Waals surface area contributed by atoms with Crippen LogP contribution in [0.25, 0.3) is 0 Å². The fraction of sp³-hybridized carbons (Fsp3) is 0.833. The molecule has 76 valence electrons. The van der Waals surface area contributed by atoms with Crippen LogP contribution in [-0.4, -0.2) is 30.4 Å². The van der Waals surface area contributed by atoms with E-state index >= 15 is 0 Å². The van der Waals surface area contributed by atoms with Crippen molar-refractivity contribution in [2.24, 2.45) is 34.6 Å². The normalized spacial score (nSPS) is 34.4. The maximum atomic E-state index is 11.2. The predicted molar refractivity (Wildman–Crippen MR) is 45.7 cm³/mol. The molecule has 0 amide bonds. The van der Waals surface area contributed by atoms with E-state index in [0.29, 0.717) is 0 Å². The van der Waals surface area contributed by atoms with Crippen molar-refractivity contribution < 1.29 is 9.53 Å². The van der Waals surface area contributed by atoms with Gasteiger partial charge >= 0.3 is 5.97 Å².